The van der Waals surface area contributed by atoms with Crippen LogP contribution in [-0.2, 0) is 4.79 Å². The molecule has 12 heteroatoms. The van der Waals surface area contributed by atoms with Gasteiger partial charge < -0.3 is 20.3 Å². The number of halogens is 1. The molecule has 1 fully saturated rings. The number of hydrogen-bond donors (Lipinski definition) is 2. The van der Waals surface area contributed by atoms with Crippen LogP contribution in [0.3, 0.4) is 0 Å². The van der Waals surface area contributed by atoms with Gasteiger partial charge in [0.2, 0.25) is 5.91 Å². The average molecular weight is 577 g/mol. The highest BCUT2D eigenvalue weighted by atomic mass is 35.5. The Morgan fingerprint density at radius 1 is 1.12 bits per heavy atom. The van der Waals surface area contributed by atoms with Gasteiger partial charge in [-0.05, 0) is 43.2 Å². The summed E-state index contributed by atoms with van der Waals surface area (Å²) < 4.78 is 5.82. The van der Waals surface area contributed by atoms with Crippen LogP contribution in [0.15, 0.2) is 60.9 Å². The first-order valence-electron chi connectivity index (χ1n) is 12.9. The molecule has 3 aromatic heterocycles. The molecule has 10 nitrogen and oxygen atoms in total. The van der Waals surface area contributed by atoms with Crippen molar-refractivity contribution in [2.24, 2.45) is 0 Å². The smallest absolute Gasteiger partial charge is 0.332 e. The number of amides is 4. The number of piperidine rings is 1. The zero-order valence-corrected chi connectivity index (χ0v) is 22.9. The van der Waals surface area contributed by atoms with Crippen molar-refractivity contribution >= 4 is 68.2 Å². The van der Waals surface area contributed by atoms with Gasteiger partial charge in [-0.2, -0.15) is 0 Å². The number of rotatable bonds is 7. The van der Waals surface area contributed by atoms with Gasteiger partial charge in [0.05, 0.1) is 23.0 Å². The third kappa shape index (κ3) is 5.05. The number of carbonyl (C=O) groups is 3. The van der Waals surface area contributed by atoms with Crippen molar-refractivity contribution in [1.29, 1.82) is 0 Å². The van der Waals surface area contributed by atoms with Gasteiger partial charge in [0, 0.05) is 37.6 Å². The van der Waals surface area contributed by atoms with E-state index in [-0.39, 0.29) is 30.2 Å². The fraction of sp³-hybridized carbons (Fsp3) is 0.250. The van der Waals surface area contributed by atoms with Crippen LogP contribution >= 0.6 is 22.9 Å². The van der Waals surface area contributed by atoms with Gasteiger partial charge in [-0.15, -0.1) is 22.9 Å². The lowest BCUT2D eigenvalue weighted by Crippen LogP contribution is -2.49. The van der Waals surface area contributed by atoms with Crippen LogP contribution in [0.4, 0.5) is 22.0 Å². The molecule has 0 saturated carbocycles. The molecule has 4 aromatic rings. The van der Waals surface area contributed by atoms with Gasteiger partial charge in [-0.1, -0.05) is 18.2 Å². The minimum Gasteiger partial charge on any atom is -0.456 e. The largest absolute Gasteiger partial charge is 0.456 e. The van der Waals surface area contributed by atoms with Gasteiger partial charge in [0.25, 0.3) is 5.91 Å². The SMILES string of the molecule is O=C(NC1CCCN(C(=O)CCCl)C1)c1sc2nccc3c2c1NC(=O)N3c1ccc(Oc2ccccc2)cn1. The van der Waals surface area contributed by atoms with E-state index in [4.69, 9.17) is 16.3 Å². The fourth-order valence-electron chi connectivity index (χ4n) is 4.97. The zero-order valence-electron chi connectivity index (χ0n) is 21.3. The molecule has 0 spiro atoms. The summed E-state index contributed by atoms with van der Waals surface area (Å²) in [6.07, 6.45) is 4.99. The minimum atomic E-state index is -0.438. The Bertz CT molecular complexity index is 1580. The van der Waals surface area contributed by atoms with Gasteiger partial charge in [-0.25, -0.2) is 19.7 Å². The van der Waals surface area contributed by atoms with Crippen LogP contribution < -0.4 is 20.3 Å². The number of nitrogens with zero attached hydrogens (tertiary/aromatic N) is 4. The first-order chi connectivity index (χ1) is 19.5. The summed E-state index contributed by atoms with van der Waals surface area (Å²) in [5.74, 6) is 1.56. The number of nitrogens with one attached hydrogen (secondary N) is 2. The standard InChI is InChI=1S/C28H25ClN6O4S/c29-12-10-22(36)34-14-4-5-17(16-34)32-26(37)25-24-23-20(11-13-30-27(23)40-25)35(28(38)33-24)21-9-8-19(15-31-21)39-18-6-2-1-3-7-18/h1-3,6-9,11,13,15,17H,4-5,10,12,14,16H2,(H,32,37)(H,33,38). The fourth-order valence-corrected chi connectivity index (χ4v) is 6.16. The predicted molar refractivity (Wildman–Crippen MR) is 154 cm³/mol. The Morgan fingerprint density at radius 2 is 1.98 bits per heavy atom. The quantitative estimate of drug-likeness (QED) is 0.280. The van der Waals surface area contributed by atoms with Crippen molar-refractivity contribution < 1.29 is 19.1 Å². The second-order valence-corrected chi connectivity index (χ2v) is 10.8. The Kier molecular flexibility index (Phi) is 7.23. The molecule has 4 amide bonds. The molecule has 5 heterocycles. The third-order valence-electron chi connectivity index (χ3n) is 6.80. The van der Waals surface area contributed by atoms with Crippen LogP contribution in [0.25, 0.3) is 10.2 Å². The number of likely N-dealkylation sites (tertiary alicyclic amines) is 1. The predicted octanol–water partition coefficient (Wildman–Crippen LogP) is 5.52. The van der Waals surface area contributed by atoms with E-state index in [0.29, 0.717) is 56.9 Å². The maximum absolute atomic E-state index is 13.4. The number of anilines is 3. The van der Waals surface area contributed by atoms with E-state index < -0.39 is 6.03 Å². The topological polar surface area (TPSA) is 117 Å². The number of thiophene rings is 1. The molecule has 204 valence electrons. The number of aromatic nitrogens is 2. The number of carbonyl (C=O) groups excluding carboxylic acids is 3. The number of ether oxygens (including phenoxy) is 1. The van der Waals surface area contributed by atoms with E-state index in [0.717, 1.165) is 12.8 Å². The van der Waals surface area contributed by atoms with Crippen molar-refractivity contribution in [1.82, 2.24) is 20.2 Å². The number of pyridine rings is 2. The highest BCUT2D eigenvalue weighted by Gasteiger charge is 2.34. The van der Waals surface area contributed by atoms with Crippen molar-refractivity contribution in [2.45, 2.75) is 25.3 Å². The van der Waals surface area contributed by atoms with Crippen LogP contribution in [0.5, 0.6) is 11.5 Å². The van der Waals surface area contributed by atoms with E-state index in [1.807, 2.05) is 30.3 Å². The number of para-hydroxylation sites is 1. The van der Waals surface area contributed by atoms with Gasteiger partial charge in [0.1, 0.15) is 27.0 Å². The molecule has 1 aromatic carbocycles. The zero-order chi connectivity index (χ0) is 27.6. The van der Waals surface area contributed by atoms with Crippen molar-refractivity contribution in [3.05, 3.63) is 65.8 Å². The maximum atomic E-state index is 13.4. The number of alkyl halides is 1. The first-order valence-corrected chi connectivity index (χ1v) is 14.2. The molecule has 2 N–H and O–H groups in total. The summed E-state index contributed by atoms with van der Waals surface area (Å²) >= 11 is 6.95. The van der Waals surface area contributed by atoms with Crippen LogP contribution in [0.1, 0.15) is 28.9 Å². The molecule has 1 unspecified atom stereocenters. The van der Waals surface area contributed by atoms with Crippen molar-refractivity contribution in [3.8, 4) is 11.5 Å². The van der Waals surface area contributed by atoms with Gasteiger partial charge in [-0.3, -0.25) is 9.59 Å². The molecule has 40 heavy (non-hydrogen) atoms. The Hall–Kier alpha value is -4.22. The summed E-state index contributed by atoms with van der Waals surface area (Å²) in [6.45, 7) is 1.09. The summed E-state index contributed by atoms with van der Waals surface area (Å²) in [4.78, 5) is 52.2. The second-order valence-electron chi connectivity index (χ2n) is 9.44. The van der Waals surface area contributed by atoms with Crippen molar-refractivity contribution in [3.63, 3.8) is 0 Å². The molecular formula is C28H25ClN6O4S. The Morgan fingerprint density at radius 3 is 2.75 bits per heavy atom. The molecule has 1 saturated heterocycles. The molecule has 2 aliphatic heterocycles. The molecule has 2 aliphatic rings. The lowest BCUT2D eigenvalue weighted by molar-refractivity contribution is -0.132. The summed E-state index contributed by atoms with van der Waals surface area (Å²) in [5.41, 5.74) is 1.01. The Labute approximate surface area is 238 Å². The lowest BCUT2D eigenvalue weighted by Gasteiger charge is -2.33. The van der Waals surface area contributed by atoms with E-state index in [2.05, 4.69) is 20.6 Å². The van der Waals surface area contributed by atoms with Crippen LogP contribution in [0, 0.1) is 0 Å². The first kappa shape index (κ1) is 26.0. The van der Waals surface area contributed by atoms with Crippen molar-refractivity contribution in [2.75, 3.05) is 29.2 Å². The minimum absolute atomic E-state index is 0.0135. The highest BCUT2D eigenvalue weighted by molar-refractivity contribution is 7.21. The number of urea groups is 1. The van der Waals surface area contributed by atoms with E-state index in [9.17, 15) is 14.4 Å². The summed E-state index contributed by atoms with van der Waals surface area (Å²) in [5, 5.41) is 6.61. The van der Waals surface area contributed by atoms with Crippen LogP contribution in [-0.4, -0.2) is 57.7 Å². The van der Waals surface area contributed by atoms with E-state index >= 15 is 0 Å². The molecule has 6 rings (SSSR count). The van der Waals surface area contributed by atoms with Gasteiger partial charge in [0.15, 0.2) is 0 Å². The van der Waals surface area contributed by atoms with Gasteiger partial charge >= 0.3 is 6.03 Å². The summed E-state index contributed by atoms with van der Waals surface area (Å²) in [6, 6.07) is 13.9. The maximum Gasteiger partial charge on any atom is 0.332 e. The second kappa shape index (κ2) is 11.1. The molecule has 0 radical (unpaired) electrons. The highest BCUT2D eigenvalue weighted by Crippen LogP contribution is 2.45. The lowest BCUT2D eigenvalue weighted by atomic mass is 10.0. The molecular weight excluding hydrogens is 552 g/mol. The molecule has 0 aliphatic carbocycles. The van der Waals surface area contributed by atoms with E-state index in [1.165, 1.54) is 16.2 Å². The molecule has 0 bridgehead atoms. The van der Waals surface area contributed by atoms with E-state index in [1.54, 1.807) is 35.5 Å². The number of hydrogen-bond acceptors (Lipinski definition) is 7. The average Bonchev–Trinajstić information content (AvgIpc) is 3.34. The third-order valence-corrected chi connectivity index (χ3v) is 8.08. The number of benzene rings is 1. The van der Waals surface area contributed by atoms with Crippen LogP contribution in [0.2, 0.25) is 0 Å². The normalized spacial score (nSPS) is 16.5. The monoisotopic (exact) mass is 576 g/mol. The Balaban J connectivity index is 1.24. The molecule has 1 atom stereocenters. The summed E-state index contributed by atoms with van der Waals surface area (Å²) in [7, 11) is 0.